The van der Waals surface area contributed by atoms with Crippen molar-refractivity contribution in [2.45, 2.75) is 32.0 Å². The number of phenols is 1. The van der Waals surface area contributed by atoms with Crippen LogP contribution in [0.1, 0.15) is 24.0 Å². The van der Waals surface area contributed by atoms with Crippen LogP contribution in [-0.2, 0) is 17.8 Å². The van der Waals surface area contributed by atoms with Crippen molar-refractivity contribution < 1.29 is 19.0 Å². The zero-order valence-corrected chi connectivity index (χ0v) is 14.5. The van der Waals surface area contributed by atoms with Crippen LogP contribution >= 0.6 is 0 Å². The maximum absolute atomic E-state index is 13.5. The first-order valence-electron chi connectivity index (χ1n) is 8.58. The number of aromatic hydroxyl groups is 1. The van der Waals surface area contributed by atoms with Gasteiger partial charge in [0.15, 0.2) is 0 Å². The lowest BCUT2D eigenvalue weighted by Crippen LogP contribution is -2.31. The number of benzene rings is 2. The van der Waals surface area contributed by atoms with Gasteiger partial charge in [-0.2, -0.15) is 0 Å². The number of halogens is 1. The summed E-state index contributed by atoms with van der Waals surface area (Å²) in [4.78, 5) is 2.19. The molecule has 0 saturated carbocycles. The second-order valence-electron chi connectivity index (χ2n) is 6.43. The Morgan fingerprint density at radius 1 is 1.24 bits per heavy atom. The summed E-state index contributed by atoms with van der Waals surface area (Å²) in [6, 6.07) is 11.9. The number of ether oxygens (including phenoxy) is 2. The van der Waals surface area contributed by atoms with Crippen LogP contribution in [0.2, 0.25) is 0 Å². The average molecular weight is 345 g/mol. The van der Waals surface area contributed by atoms with Gasteiger partial charge in [0, 0.05) is 37.9 Å². The number of phenolic OH excluding ortho intramolecular Hbond substituents is 1. The summed E-state index contributed by atoms with van der Waals surface area (Å²) in [6.45, 7) is 2.71. The molecular weight excluding hydrogens is 321 g/mol. The number of hydrogen-bond acceptors (Lipinski definition) is 4. The van der Waals surface area contributed by atoms with Crippen LogP contribution in [0.25, 0.3) is 0 Å². The minimum Gasteiger partial charge on any atom is -0.507 e. The van der Waals surface area contributed by atoms with Gasteiger partial charge in [-0.25, -0.2) is 4.39 Å². The molecular formula is C20H24FNO3. The van der Waals surface area contributed by atoms with Crippen LogP contribution in [0.4, 0.5) is 4.39 Å². The highest BCUT2D eigenvalue weighted by Crippen LogP contribution is 2.26. The first-order chi connectivity index (χ1) is 12.1. The normalized spacial score (nSPS) is 17.2. The van der Waals surface area contributed by atoms with Gasteiger partial charge in [0.1, 0.15) is 17.3 Å². The lowest BCUT2D eigenvalue weighted by Gasteiger charge is -2.26. The molecule has 0 aromatic heterocycles. The maximum Gasteiger partial charge on any atom is 0.123 e. The van der Waals surface area contributed by atoms with Crippen LogP contribution in [-0.4, -0.2) is 36.4 Å². The van der Waals surface area contributed by atoms with Gasteiger partial charge in [-0.05, 0) is 36.6 Å². The van der Waals surface area contributed by atoms with E-state index in [1.807, 2.05) is 18.2 Å². The Bertz CT molecular complexity index is 701. The van der Waals surface area contributed by atoms with E-state index in [0.717, 1.165) is 37.1 Å². The zero-order chi connectivity index (χ0) is 17.6. The lowest BCUT2D eigenvalue weighted by atomic mass is 10.1. The summed E-state index contributed by atoms with van der Waals surface area (Å²) in [5.74, 6) is 0.592. The Hall–Kier alpha value is -2.11. The van der Waals surface area contributed by atoms with E-state index >= 15 is 0 Å². The second kappa shape index (κ2) is 8.32. The van der Waals surface area contributed by atoms with E-state index in [0.29, 0.717) is 18.8 Å². The van der Waals surface area contributed by atoms with E-state index in [1.165, 1.54) is 6.07 Å². The molecule has 0 amide bonds. The molecule has 2 aromatic rings. The number of methoxy groups -OCH3 is 1. The molecule has 1 N–H and O–H groups in total. The van der Waals surface area contributed by atoms with E-state index in [4.69, 9.17) is 9.47 Å². The van der Waals surface area contributed by atoms with Crippen molar-refractivity contribution in [1.29, 1.82) is 0 Å². The molecule has 134 valence electrons. The topological polar surface area (TPSA) is 41.9 Å². The summed E-state index contributed by atoms with van der Waals surface area (Å²) < 4.78 is 24.4. The highest BCUT2D eigenvalue weighted by Gasteiger charge is 2.20. The van der Waals surface area contributed by atoms with Crippen LogP contribution in [0.3, 0.4) is 0 Å². The number of hydrogen-bond donors (Lipinski definition) is 1. The molecule has 25 heavy (non-hydrogen) atoms. The van der Waals surface area contributed by atoms with Gasteiger partial charge in [0.25, 0.3) is 0 Å². The zero-order valence-electron chi connectivity index (χ0n) is 14.5. The van der Waals surface area contributed by atoms with Gasteiger partial charge in [-0.1, -0.05) is 18.2 Å². The van der Waals surface area contributed by atoms with E-state index in [-0.39, 0.29) is 17.7 Å². The third-order valence-electron chi connectivity index (χ3n) is 4.47. The molecule has 1 saturated heterocycles. The Morgan fingerprint density at radius 2 is 2.12 bits per heavy atom. The predicted octanol–water partition coefficient (Wildman–Crippen LogP) is 3.72. The lowest BCUT2D eigenvalue weighted by molar-refractivity contribution is 0.0676. The van der Waals surface area contributed by atoms with E-state index in [2.05, 4.69) is 4.90 Å². The molecule has 1 unspecified atom stereocenters. The van der Waals surface area contributed by atoms with Crippen LogP contribution < -0.4 is 4.74 Å². The van der Waals surface area contributed by atoms with Crippen LogP contribution in [0, 0.1) is 5.82 Å². The van der Waals surface area contributed by atoms with Crippen LogP contribution in [0.5, 0.6) is 11.5 Å². The average Bonchev–Trinajstić information content (AvgIpc) is 3.09. The van der Waals surface area contributed by atoms with Crippen molar-refractivity contribution in [2.24, 2.45) is 0 Å². The molecule has 2 aromatic carbocycles. The summed E-state index contributed by atoms with van der Waals surface area (Å²) in [7, 11) is 1.57. The van der Waals surface area contributed by atoms with E-state index in [9.17, 15) is 9.50 Å². The maximum atomic E-state index is 13.5. The first kappa shape index (κ1) is 17.7. The third-order valence-corrected chi connectivity index (χ3v) is 4.47. The highest BCUT2D eigenvalue weighted by atomic mass is 19.1. The van der Waals surface area contributed by atoms with Crippen molar-refractivity contribution in [1.82, 2.24) is 4.90 Å². The Kier molecular flexibility index (Phi) is 5.89. The fraction of sp³-hybridized carbons (Fsp3) is 0.400. The SMILES string of the molecule is COc1ccc(CN(Cc2cccc(F)c2)CC2CCCO2)c(O)c1. The van der Waals surface area contributed by atoms with E-state index < -0.39 is 0 Å². The molecule has 0 bridgehead atoms. The molecule has 0 radical (unpaired) electrons. The summed E-state index contributed by atoms with van der Waals surface area (Å²) in [6.07, 6.45) is 2.30. The van der Waals surface area contributed by atoms with E-state index in [1.54, 1.807) is 25.3 Å². The quantitative estimate of drug-likeness (QED) is 0.830. The highest BCUT2D eigenvalue weighted by molar-refractivity contribution is 5.39. The van der Waals surface area contributed by atoms with Crippen molar-refractivity contribution in [3.8, 4) is 11.5 Å². The molecule has 3 rings (SSSR count). The van der Waals surface area contributed by atoms with Crippen molar-refractivity contribution in [3.05, 3.63) is 59.4 Å². The van der Waals surface area contributed by atoms with Crippen LogP contribution in [0.15, 0.2) is 42.5 Å². The summed E-state index contributed by atoms with van der Waals surface area (Å²) >= 11 is 0. The van der Waals surface area contributed by atoms with Gasteiger partial charge in [-0.3, -0.25) is 4.90 Å². The molecule has 1 atom stereocenters. The largest absolute Gasteiger partial charge is 0.507 e. The Labute approximate surface area is 147 Å². The fourth-order valence-electron chi connectivity index (χ4n) is 3.20. The Balaban J connectivity index is 1.75. The Morgan fingerprint density at radius 3 is 2.80 bits per heavy atom. The van der Waals surface area contributed by atoms with Gasteiger partial charge in [0.2, 0.25) is 0 Å². The molecule has 1 aliphatic heterocycles. The number of nitrogens with zero attached hydrogens (tertiary/aromatic N) is 1. The smallest absolute Gasteiger partial charge is 0.123 e. The summed E-state index contributed by atoms with van der Waals surface area (Å²) in [5, 5.41) is 10.2. The molecule has 1 aliphatic rings. The van der Waals surface area contributed by atoms with Gasteiger partial charge in [-0.15, -0.1) is 0 Å². The minimum atomic E-state index is -0.234. The van der Waals surface area contributed by atoms with Gasteiger partial charge in [0.05, 0.1) is 13.2 Å². The minimum absolute atomic E-state index is 0.189. The predicted molar refractivity (Wildman–Crippen MR) is 94.1 cm³/mol. The molecule has 0 spiro atoms. The molecule has 1 fully saturated rings. The fourth-order valence-corrected chi connectivity index (χ4v) is 3.20. The molecule has 0 aliphatic carbocycles. The monoisotopic (exact) mass is 345 g/mol. The van der Waals surface area contributed by atoms with Crippen molar-refractivity contribution >= 4 is 0 Å². The van der Waals surface area contributed by atoms with Gasteiger partial charge >= 0.3 is 0 Å². The summed E-state index contributed by atoms with van der Waals surface area (Å²) in [5.41, 5.74) is 1.72. The number of rotatable bonds is 7. The van der Waals surface area contributed by atoms with Crippen molar-refractivity contribution in [2.75, 3.05) is 20.3 Å². The molecule has 5 heteroatoms. The first-order valence-corrected chi connectivity index (χ1v) is 8.58. The second-order valence-corrected chi connectivity index (χ2v) is 6.43. The standard InChI is InChI=1S/C20H24FNO3/c1-24-18-8-7-16(20(23)11-18)13-22(14-19-6-3-9-25-19)12-15-4-2-5-17(21)10-15/h2,4-5,7-8,10-11,19,23H,3,6,9,12-14H2,1H3. The van der Waals surface area contributed by atoms with Crippen molar-refractivity contribution in [3.63, 3.8) is 0 Å². The van der Waals surface area contributed by atoms with Gasteiger partial charge < -0.3 is 14.6 Å². The molecule has 1 heterocycles. The third kappa shape index (κ3) is 4.94. The molecule has 4 nitrogen and oxygen atoms in total.